The third-order valence-corrected chi connectivity index (χ3v) is 2.53. The van der Waals surface area contributed by atoms with E-state index in [0.29, 0.717) is 12.1 Å². The maximum Gasteiger partial charge on any atom is 0.321 e. The van der Waals surface area contributed by atoms with Gasteiger partial charge in [-0.15, -0.1) is 0 Å². The second kappa shape index (κ2) is 3.88. The van der Waals surface area contributed by atoms with Crippen molar-refractivity contribution in [3.05, 3.63) is 29.6 Å². The molecule has 1 aliphatic rings. The number of rotatable bonds is 1. The first-order valence-electron chi connectivity index (χ1n) is 5.00. The summed E-state index contributed by atoms with van der Waals surface area (Å²) in [5, 5.41) is 2.76. The third-order valence-electron chi connectivity index (χ3n) is 2.53. The number of anilines is 1. The summed E-state index contributed by atoms with van der Waals surface area (Å²) in [6, 6.07) is 4.62. The smallest absolute Gasteiger partial charge is 0.321 e. The van der Waals surface area contributed by atoms with E-state index < -0.39 is 0 Å². The number of halogens is 1. The highest BCUT2D eigenvalue weighted by Crippen LogP contribution is 2.19. The molecule has 2 rings (SSSR count). The summed E-state index contributed by atoms with van der Waals surface area (Å²) in [5.74, 6) is -0.240. The molecule has 80 valence electrons. The van der Waals surface area contributed by atoms with Gasteiger partial charge >= 0.3 is 6.03 Å². The van der Waals surface area contributed by atoms with E-state index in [0.717, 1.165) is 18.7 Å². The van der Waals surface area contributed by atoms with Crippen molar-refractivity contribution in [1.82, 2.24) is 5.32 Å². The minimum absolute atomic E-state index is 0.104. The molecule has 0 atom stereocenters. The first kappa shape index (κ1) is 9.96. The summed E-state index contributed by atoms with van der Waals surface area (Å²) in [6.07, 6.45) is 0.919. The van der Waals surface area contributed by atoms with Crippen molar-refractivity contribution < 1.29 is 9.18 Å². The van der Waals surface area contributed by atoms with E-state index >= 15 is 0 Å². The number of nitrogens with zero attached hydrogens (tertiary/aromatic N) is 1. The number of nitrogens with one attached hydrogen (secondary N) is 1. The van der Waals surface area contributed by atoms with Crippen LogP contribution in [0.1, 0.15) is 12.0 Å². The lowest BCUT2D eigenvalue weighted by atomic mass is 10.2. The molecular weight excluding hydrogens is 195 g/mol. The Kier molecular flexibility index (Phi) is 2.58. The van der Waals surface area contributed by atoms with Crippen LogP contribution in [0.4, 0.5) is 14.9 Å². The molecule has 1 fully saturated rings. The van der Waals surface area contributed by atoms with Crippen LogP contribution in [0.2, 0.25) is 0 Å². The number of hydrogen-bond acceptors (Lipinski definition) is 1. The molecule has 0 saturated carbocycles. The summed E-state index contributed by atoms with van der Waals surface area (Å²) in [7, 11) is 0. The highest BCUT2D eigenvalue weighted by molar-refractivity contribution is 5.92. The van der Waals surface area contributed by atoms with Gasteiger partial charge in [0.15, 0.2) is 0 Å². The second-order valence-corrected chi connectivity index (χ2v) is 3.67. The zero-order chi connectivity index (χ0) is 10.8. The minimum Gasteiger partial charge on any atom is -0.338 e. The van der Waals surface area contributed by atoms with Crippen molar-refractivity contribution in [3.8, 4) is 0 Å². The summed E-state index contributed by atoms with van der Waals surface area (Å²) in [6.45, 7) is 3.10. The molecule has 1 N–H and O–H groups in total. The molecule has 1 heterocycles. The Morgan fingerprint density at radius 1 is 1.47 bits per heavy atom. The molecule has 1 aromatic rings. The Balaban J connectivity index is 2.28. The lowest BCUT2D eigenvalue weighted by Gasteiger charge is -2.27. The van der Waals surface area contributed by atoms with E-state index in [1.807, 2.05) is 0 Å². The molecule has 2 amide bonds. The summed E-state index contributed by atoms with van der Waals surface area (Å²) < 4.78 is 13.0. The lowest BCUT2D eigenvalue weighted by molar-refractivity contribution is 0.243. The van der Waals surface area contributed by atoms with Crippen LogP contribution >= 0.6 is 0 Å². The van der Waals surface area contributed by atoms with Gasteiger partial charge < -0.3 is 5.32 Å². The van der Waals surface area contributed by atoms with Gasteiger partial charge in [-0.05, 0) is 37.1 Å². The summed E-state index contributed by atoms with van der Waals surface area (Å²) >= 11 is 0. The van der Waals surface area contributed by atoms with Crippen molar-refractivity contribution in [3.63, 3.8) is 0 Å². The number of hydrogen-bond donors (Lipinski definition) is 1. The number of carbonyl (C=O) groups excluding carboxylic acids is 1. The van der Waals surface area contributed by atoms with Crippen molar-refractivity contribution in [2.45, 2.75) is 13.3 Å². The SMILES string of the molecule is Cc1cc(N2CCCNC2=O)ccc1F. The monoisotopic (exact) mass is 208 g/mol. The molecule has 0 radical (unpaired) electrons. The quantitative estimate of drug-likeness (QED) is 0.752. The molecule has 0 aromatic heterocycles. The zero-order valence-corrected chi connectivity index (χ0v) is 8.59. The Hall–Kier alpha value is -1.58. The molecule has 1 saturated heterocycles. The maximum absolute atomic E-state index is 13.0. The fraction of sp³-hybridized carbons (Fsp3) is 0.364. The van der Waals surface area contributed by atoms with Crippen LogP contribution in [0, 0.1) is 12.7 Å². The standard InChI is InChI=1S/C11H13FN2O/c1-8-7-9(3-4-10(8)12)14-6-2-5-13-11(14)15/h3-4,7H,2,5-6H2,1H3,(H,13,15). The molecule has 4 heteroatoms. The molecule has 1 aromatic carbocycles. The molecular formula is C11H13FN2O. The van der Waals surface area contributed by atoms with Gasteiger partial charge in [0.25, 0.3) is 0 Å². The number of benzene rings is 1. The van der Waals surface area contributed by atoms with E-state index in [4.69, 9.17) is 0 Å². The van der Waals surface area contributed by atoms with E-state index in [2.05, 4.69) is 5.32 Å². The first-order valence-corrected chi connectivity index (χ1v) is 5.00. The van der Waals surface area contributed by atoms with Crippen molar-refractivity contribution in [2.24, 2.45) is 0 Å². The van der Waals surface area contributed by atoms with E-state index in [-0.39, 0.29) is 11.8 Å². The Morgan fingerprint density at radius 2 is 2.27 bits per heavy atom. The predicted molar refractivity (Wildman–Crippen MR) is 56.5 cm³/mol. The van der Waals surface area contributed by atoms with Gasteiger partial charge in [0.2, 0.25) is 0 Å². The van der Waals surface area contributed by atoms with Crippen LogP contribution < -0.4 is 10.2 Å². The number of amides is 2. The molecule has 3 nitrogen and oxygen atoms in total. The Labute approximate surface area is 87.9 Å². The highest BCUT2D eigenvalue weighted by atomic mass is 19.1. The summed E-state index contributed by atoms with van der Waals surface area (Å²) in [4.78, 5) is 13.1. The van der Waals surface area contributed by atoms with Gasteiger partial charge in [-0.2, -0.15) is 0 Å². The van der Waals surface area contributed by atoms with E-state index in [1.165, 1.54) is 6.07 Å². The molecule has 0 aliphatic carbocycles. The van der Waals surface area contributed by atoms with Crippen LogP contribution in [0.3, 0.4) is 0 Å². The zero-order valence-electron chi connectivity index (χ0n) is 8.59. The van der Waals surface area contributed by atoms with Gasteiger partial charge in [0, 0.05) is 18.8 Å². The van der Waals surface area contributed by atoms with Crippen molar-refractivity contribution in [1.29, 1.82) is 0 Å². The topological polar surface area (TPSA) is 32.3 Å². The second-order valence-electron chi connectivity index (χ2n) is 3.67. The fourth-order valence-electron chi connectivity index (χ4n) is 1.67. The van der Waals surface area contributed by atoms with Crippen LogP contribution in [0.25, 0.3) is 0 Å². The Bertz CT molecular complexity index is 392. The summed E-state index contributed by atoms with van der Waals surface area (Å²) in [5.41, 5.74) is 1.32. The van der Waals surface area contributed by atoms with Crippen LogP contribution in [-0.2, 0) is 0 Å². The largest absolute Gasteiger partial charge is 0.338 e. The third kappa shape index (κ3) is 1.93. The maximum atomic E-state index is 13.0. The normalized spacial score (nSPS) is 16.4. The van der Waals surface area contributed by atoms with Gasteiger partial charge in [-0.1, -0.05) is 0 Å². The van der Waals surface area contributed by atoms with E-state index in [1.54, 1.807) is 24.0 Å². The van der Waals surface area contributed by atoms with Gasteiger partial charge in [0.1, 0.15) is 5.82 Å². The fourth-order valence-corrected chi connectivity index (χ4v) is 1.67. The molecule has 1 aliphatic heterocycles. The predicted octanol–water partition coefficient (Wildman–Crippen LogP) is 2.05. The number of aryl methyl sites for hydroxylation is 1. The number of urea groups is 1. The van der Waals surface area contributed by atoms with Crippen molar-refractivity contribution >= 4 is 11.7 Å². The van der Waals surface area contributed by atoms with Crippen LogP contribution in [0.5, 0.6) is 0 Å². The van der Waals surface area contributed by atoms with Crippen LogP contribution in [0.15, 0.2) is 18.2 Å². The highest BCUT2D eigenvalue weighted by Gasteiger charge is 2.19. The van der Waals surface area contributed by atoms with Gasteiger partial charge in [-0.25, -0.2) is 9.18 Å². The molecule has 0 unspecified atom stereocenters. The lowest BCUT2D eigenvalue weighted by Crippen LogP contribution is -2.46. The van der Waals surface area contributed by atoms with E-state index in [9.17, 15) is 9.18 Å². The first-order chi connectivity index (χ1) is 7.18. The van der Waals surface area contributed by atoms with Crippen molar-refractivity contribution in [2.75, 3.05) is 18.0 Å². The number of carbonyl (C=O) groups is 1. The molecule has 0 bridgehead atoms. The average molecular weight is 208 g/mol. The Morgan fingerprint density at radius 3 is 2.93 bits per heavy atom. The van der Waals surface area contributed by atoms with Gasteiger partial charge in [-0.3, -0.25) is 4.90 Å². The minimum atomic E-state index is -0.240. The van der Waals surface area contributed by atoms with Gasteiger partial charge in [0.05, 0.1) is 0 Å². The molecule has 15 heavy (non-hydrogen) atoms. The average Bonchev–Trinajstić information content (AvgIpc) is 2.23. The van der Waals surface area contributed by atoms with Crippen LogP contribution in [-0.4, -0.2) is 19.1 Å². The molecule has 0 spiro atoms.